The lowest BCUT2D eigenvalue weighted by atomic mass is 9.96. The quantitative estimate of drug-likeness (QED) is 0.277. The summed E-state index contributed by atoms with van der Waals surface area (Å²) in [5.74, 6) is 2.78. The van der Waals surface area contributed by atoms with Gasteiger partial charge in [0.1, 0.15) is 17.1 Å². The van der Waals surface area contributed by atoms with E-state index in [2.05, 4.69) is 34.4 Å². The van der Waals surface area contributed by atoms with Crippen LogP contribution in [0.2, 0.25) is 0 Å². The van der Waals surface area contributed by atoms with Gasteiger partial charge in [-0.05, 0) is 39.7 Å². The van der Waals surface area contributed by atoms with Crippen molar-refractivity contribution in [3.63, 3.8) is 0 Å². The van der Waals surface area contributed by atoms with Gasteiger partial charge in [-0.15, -0.1) is 24.0 Å². The molecule has 0 aromatic carbocycles. The Balaban J connectivity index is 0.00000420. The Morgan fingerprint density at radius 2 is 1.93 bits per heavy atom. The van der Waals surface area contributed by atoms with Gasteiger partial charge in [-0.1, -0.05) is 13.8 Å². The number of morpholine rings is 1. The summed E-state index contributed by atoms with van der Waals surface area (Å²) in [6.45, 7) is 17.4. The number of guanidine groups is 1. The minimum Gasteiger partial charge on any atom is -0.466 e. The molecule has 1 aliphatic heterocycles. The molecular formula is C21H39IN4O3. The first kappa shape index (κ1) is 26.2. The fourth-order valence-electron chi connectivity index (χ4n) is 3.72. The number of aliphatic imine (C=N–C) groups is 1. The number of hydrogen-bond donors (Lipinski definition) is 3. The van der Waals surface area contributed by atoms with E-state index in [4.69, 9.17) is 9.15 Å². The minimum atomic E-state index is -1.08. The molecule has 29 heavy (non-hydrogen) atoms. The van der Waals surface area contributed by atoms with Gasteiger partial charge in [0.25, 0.3) is 0 Å². The van der Waals surface area contributed by atoms with Gasteiger partial charge in [0.05, 0.1) is 19.8 Å². The van der Waals surface area contributed by atoms with Crippen LogP contribution in [0, 0.1) is 19.8 Å². The first-order chi connectivity index (χ1) is 13.2. The molecule has 1 aromatic heterocycles. The van der Waals surface area contributed by atoms with Crippen molar-refractivity contribution < 1.29 is 14.3 Å². The maximum Gasteiger partial charge on any atom is 0.191 e. The molecule has 0 spiro atoms. The lowest BCUT2D eigenvalue weighted by Gasteiger charge is -2.37. The van der Waals surface area contributed by atoms with Crippen molar-refractivity contribution in [2.45, 2.75) is 53.2 Å². The van der Waals surface area contributed by atoms with Crippen molar-refractivity contribution in [3.8, 4) is 0 Å². The van der Waals surface area contributed by atoms with Crippen molar-refractivity contribution in [2.24, 2.45) is 10.9 Å². The van der Waals surface area contributed by atoms with Crippen LogP contribution in [-0.2, 0) is 10.3 Å². The Morgan fingerprint density at radius 1 is 1.28 bits per heavy atom. The molecule has 1 saturated heterocycles. The summed E-state index contributed by atoms with van der Waals surface area (Å²) in [5, 5.41) is 17.7. The third-order valence-corrected chi connectivity index (χ3v) is 5.27. The predicted molar refractivity (Wildman–Crippen MR) is 128 cm³/mol. The van der Waals surface area contributed by atoms with Crippen molar-refractivity contribution in [3.05, 3.63) is 23.2 Å². The standard InChI is InChI=1S/C21H38N4O3.HI/c1-7-22-20(23-13-19(15(2)3)25-8-10-27-11-9-25)24-14-21(6,26)18-12-16(4)28-17(18)5;/h12,15,19,26H,7-11,13-14H2,1-6H3,(H2,22,23,24);1H. The highest BCUT2D eigenvalue weighted by Gasteiger charge is 2.28. The summed E-state index contributed by atoms with van der Waals surface area (Å²) in [5.41, 5.74) is -0.288. The first-order valence-electron chi connectivity index (χ1n) is 10.4. The van der Waals surface area contributed by atoms with Gasteiger partial charge >= 0.3 is 0 Å². The number of aliphatic hydroxyl groups is 1. The summed E-state index contributed by atoms with van der Waals surface area (Å²) in [6.07, 6.45) is 0. The molecule has 168 valence electrons. The number of nitrogens with one attached hydrogen (secondary N) is 2. The van der Waals surface area contributed by atoms with Gasteiger partial charge in [-0.2, -0.15) is 0 Å². The van der Waals surface area contributed by atoms with Crippen LogP contribution in [0.3, 0.4) is 0 Å². The lowest BCUT2D eigenvalue weighted by Crippen LogP contribution is -2.52. The van der Waals surface area contributed by atoms with Crippen LogP contribution >= 0.6 is 24.0 Å². The number of rotatable bonds is 8. The van der Waals surface area contributed by atoms with E-state index in [0.717, 1.165) is 62.4 Å². The Bertz CT molecular complexity index is 640. The van der Waals surface area contributed by atoms with E-state index >= 15 is 0 Å². The van der Waals surface area contributed by atoms with E-state index in [1.54, 1.807) is 6.92 Å². The van der Waals surface area contributed by atoms with E-state index in [1.165, 1.54) is 0 Å². The summed E-state index contributed by atoms with van der Waals surface area (Å²) < 4.78 is 11.1. The van der Waals surface area contributed by atoms with Crippen LogP contribution in [0.1, 0.15) is 44.8 Å². The van der Waals surface area contributed by atoms with E-state index in [9.17, 15) is 5.11 Å². The SMILES string of the molecule is CCNC(=NCC(C)(O)c1cc(C)oc1C)NCC(C(C)C)N1CCOCC1.I. The van der Waals surface area contributed by atoms with Crippen molar-refractivity contribution >= 4 is 29.9 Å². The Labute approximate surface area is 192 Å². The second kappa shape index (κ2) is 12.1. The fraction of sp³-hybridized carbons (Fsp3) is 0.762. The zero-order chi connectivity index (χ0) is 20.7. The molecule has 2 unspecified atom stereocenters. The number of furan rings is 1. The first-order valence-corrected chi connectivity index (χ1v) is 10.4. The van der Waals surface area contributed by atoms with Gasteiger partial charge in [-0.25, -0.2) is 4.99 Å². The summed E-state index contributed by atoms with van der Waals surface area (Å²) in [6, 6.07) is 2.30. The van der Waals surface area contributed by atoms with E-state index in [0.29, 0.717) is 12.0 Å². The van der Waals surface area contributed by atoms with Gasteiger partial charge in [0.15, 0.2) is 5.96 Å². The highest BCUT2D eigenvalue weighted by Crippen LogP contribution is 2.27. The normalized spacial score (nSPS) is 18.8. The van der Waals surface area contributed by atoms with E-state index in [1.807, 2.05) is 26.8 Å². The second-order valence-corrected chi connectivity index (χ2v) is 8.14. The summed E-state index contributed by atoms with van der Waals surface area (Å²) in [4.78, 5) is 7.13. The second-order valence-electron chi connectivity index (χ2n) is 8.14. The molecule has 2 atom stereocenters. The molecule has 1 fully saturated rings. The maximum absolute atomic E-state index is 10.9. The Morgan fingerprint density at radius 3 is 2.45 bits per heavy atom. The van der Waals surface area contributed by atoms with Crippen LogP contribution in [-0.4, -0.2) is 67.9 Å². The minimum absolute atomic E-state index is 0. The van der Waals surface area contributed by atoms with Crippen LogP contribution in [0.25, 0.3) is 0 Å². The van der Waals surface area contributed by atoms with Crippen LogP contribution in [0.15, 0.2) is 15.5 Å². The van der Waals surface area contributed by atoms with Crippen molar-refractivity contribution in [1.82, 2.24) is 15.5 Å². The van der Waals surface area contributed by atoms with Crippen molar-refractivity contribution in [1.29, 1.82) is 0 Å². The van der Waals surface area contributed by atoms with E-state index in [-0.39, 0.29) is 30.5 Å². The number of hydrogen-bond acceptors (Lipinski definition) is 5. The third kappa shape index (κ3) is 7.73. The highest BCUT2D eigenvalue weighted by atomic mass is 127. The van der Waals surface area contributed by atoms with Gasteiger partial charge in [0, 0.05) is 37.8 Å². The topological polar surface area (TPSA) is 82.3 Å². The zero-order valence-corrected chi connectivity index (χ0v) is 21.1. The molecule has 1 aliphatic rings. The Hall–Kier alpha value is -0.840. The molecule has 1 aromatic rings. The van der Waals surface area contributed by atoms with Gasteiger partial charge in [-0.3, -0.25) is 4.90 Å². The molecule has 0 radical (unpaired) electrons. The number of halogens is 1. The largest absolute Gasteiger partial charge is 0.466 e. The molecule has 8 heteroatoms. The molecule has 0 amide bonds. The smallest absolute Gasteiger partial charge is 0.191 e. The third-order valence-electron chi connectivity index (χ3n) is 5.27. The number of nitrogens with zero attached hydrogens (tertiary/aromatic N) is 2. The predicted octanol–water partition coefficient (Wildman–Crippen LogP) is 2.63. The summed E-state index contributed by atoms with van der Waals surface area (Å²) in [7, 11) is 0. The molecule has 2 rings (SSSR count). The number of ether oxygens (including phenoxy) is 1. The monoisotopic (exact) mass is 522 g/mol. The fourth-order valence-corrected chi connectivity index (χ4v) is 3.72. The Kier molecular flexibility index (Phi) is 10.9. The molecular weight excluding hydrogens is 483 g/mol. The van der Waals surface area contributed by atoms with Crippen LogP contribution in [0.4, 0.5) is 0 Å². The van der Waals surface area contributed by atoms with Gasteiger partial charge in [0.2, 0.25) is 0 Å². The average Bonchev–Trinajstić information content (AvgIpc) is 2.99. The molecule has 2 heterocycles. The van der Waals surface area contributed by atoms with E-state index < -0.39 is 5.60 Å². The molecule has 0 saturated carbocycles. The van der Waals surface area contributed by atoms with Crippen molar-refractivity contribution in [2.75, 3.05) is 45.9 Å². The molecule has 0 aliphatic carbocycles. The molecule has 0 bridgehead atoms. The highest BCUT2D eigenvalue weighted by molar-refractivity contribution is 14.0. The van der Waals surface area contributed by atoms with Gasteiger partial charge < -0.3 is 24.9 Å². The van der Waals surface area contributed by atoms with Crippen LogP contribution in [0.5, 0.6) is 0 Å². The maximum atomic E-state index is 10.9. The number of aryl methyl sites for hydroxylation is 2. The zero-order valence-electron chi connectivity index (χ0n) is 18.7. The summed E-state index contributed by atoms with van der Waals surface area (Å²) >= 11 is 0. The lowest BCUT2D eigenvalue weighted by molar-refractivity contribution is 0.00750. The van der Waals surface area contributed by atoms with Crippen LogP contribution < -0.4 is 10.6 Å². The molecule has 7 nitrogen and oxygen atoms in total. The average molecular weight is 522 g/mol. The molecule has 3 N–H and O–H groups in total.